The highest BCUT2D eigenvalue weighted by Gasteiger charge is 2.24. The first kappa shape index (κ1) is 20.5. The van der Waals surface area contributed by atoms with Crippen LogP contribution in [-0.4, -0.2) is 26.0 Å². The highest BCUT2D eigenvalue weighted by molar-refractivity contribution is 9.10. The van der Waals surface area contributed by atoms with Gasteiger partial charge in [-0.1, -0.05) is 12.1 Å². The minimum absolute atomic E-state index is 0.0648. The van der Waals surface area contributed by atoms with Crippen LogP contribution in [0.3, 0.4) is 0 Å². The average molecular weight is 485 g/mol. The van der Waals surface area contributed by atoms with Gasteiger partial charge < -0.3 is 28.9 Å². The number of nitrogens with one attached hydrogen (secondary N) is 2. The fraction of sp³-hybridized carbons (Fsp3) is 0.0909. The molecule has 0 atom stereocenters. The molecule has 0 spiro atoms. The molecule has 0 aliphatic heterocycles. The molecule has 0 radical (unpaired) electrons. The molecule has 9 heteroatoms. The first-order chi connectivity index (χ1) is 15.0. The summed E-state index contributed by atoms with van der Waals surface area (Å²) >= 11 is 3.17. The normalized spacial score (nSPS) is 10.7. The van der Waals surface area contributed by atoms with E-state index in [1.54, 1.807) is 48.5 Å². The van der Waals surface area contributed by atoms with Crippen molar-refractivity contribution in [3.8, 4) is 11.5 Å². The van der Waals surface area contributed by atoms with Gasteiger partial charge in [0.1, 0.15) is 22.8 Å². The molecule has 0 bridgehead atoms. The summed E-state index contributed by atoms with van der Waals surface area (Å²) in [4.78, 5) is 25.8. The van der Waals surface area contributed by atoms with Gasteiger partial charge in [0.2, 0.25) is 5.76 Å². The van der Waals surface area contributed by atoms with Gasteiger partial charge in [0.25, 0.3) is 11.8 Å². The standard InChI is InChI=1S/C22H17BrN2O6/c1-28-12-7-8-16(29-2)14(11-12)24-22(27)20-19(13-5-3-4-6-15(13)31-20)25-21(26)17-9-10-18(23)30-17/h3-11H,1-2H3,(H,24,27)(H,25,26). The van der Waals surface area contributed by atoms with Gasteiger partial charge in [-0.2, -0.15) is 0 Å². The Morgan fingerprint density at radius 2 is 1.71 bits per heavy atom. The van der Waals surface area contributed by atoms with Crippen molar-refractivity contribution in [2.45, 2.75) is 0 Å². The molecule has 0 aliphatic rings. The van der Waals surface area contributed by atoms with Crippen LogP contribution >= 0.6 is 15.9 Å². The summed E-state index contributed by atoms with van der Waals surface area (Å²) in [5, 5.41) is 6.04. The number of para-hydroxylation sites is 1. The van der Waals surface area contributed by atoms with E-state index in [0.29, 0.717) is 32.8 Å². The third kappa shape index (κ3) is 4.13. The Hall–Kier alpha value is -3.72. The molecule has 0 unspecified atom stereocenters. The van der Waals surface area contributed by atoms with E-state index in [9.17, 15) is 9.59 Å². The van der Waals surface area contributed by atoms with Crippen LogP contribution in [-0.2, 0) is 0 Å². The number of carbonyl (C=O) groups is 2. The number of rotatable bonds is 6. The molecule has 0 aliphatic carbocycles. The Kier molecular flexibility index (Phi) is 5.68. The largest absolute Gasteiger partial charge is 0.497 e. The summed E-state index contributed by atoms with van der Waals surface area (Å²) in [6, 6.07) is 15.1. The monoisotopic (exact) mass is 484 g/mol. The molecular weight excluding hydrogens is 468 g/mol. The average Bonchev–Trinajstić information content (AvgIpc) is 3.37. The van der Waals surface area contributed by atoms with Gasteiger partial charge in [-0.3, -0.25) is 9.59 Å². The molecule has 2 heterocycles. The molecular formula is C22H17BrN2O6. The second-order valence-electron chi connectivity index (χ2n) is 6.38. The number of ether oxygens (including phenoxy) is 2. The van der Waals surface area contributed by atoms with Crippen LogP contribution in [0.15, 0.2) is 68.1 Å². The number of anilines is 2. The Bertz CT molecular complexity index is 1280. The van der Waals surface area contributed by atoms with Crippen LogP contribution in [0.1, 0.15) is 21.1 Å². The van der Waals surface area contributed by atoms with Crippen molar-refractivity contribution in [1.82, 2.24) is 0 Å². The maximum absolute atomic E-state index is 13.1. The predicted octanol–water partition coefficient (Wildman–Crippen LogP) is 5.31. The lowest BCUT2D eigenvalue weighted by Crippen LogP contribution is -2.17. The Morgan fingerprint density at radius 1 is 0.903 bits per heavy atom. The van der Waals surface area contributed by atoms with E-state index in [1.807, 2.05) is 0 Å². The molecule has 2 aromatic carbocycles. The third-order valence-corrected chi connectivity index (χ3v) is 4.92. The van der Waals surface area contributed by atoms with Gasteiger partial charge in [0.05, 0.1) is 19.9 Å². The minimum Gasteiger partial charge on any atom is -0.497 e. The van der Waals surface area contributed by atoms with Gasteiger partial charge in [-0.15, -0.1) is 0 Å². The number of benzene rings is 2. The second kappa shape index (κ2) is 8.57. The number of amides is 2. The van der Waals surface area contributed by atoms with E-state index in [0.717, 1.165) is 0 Å². The van der Waals surface area contributed by atoms with Crippen molar-refractivity contribution >= 4 is 50.1 Å². The second-order valence-corrected chi connectivity index (χ2v) is 7.16. The molecule has 0 saturated carbocycles. The topological polar surface area (TPSA) is 103 Å². The molecule has 158 valence electrons. The lowest BCUT2D eigenvalue weighted by atomic mass is 10.2. The predicted molar refractivity (Wildman–Crippen MR) is 118 cm³/mol. The van der Waals surface area contributed by atoms with Gasteiger partial charge in [-0.25, -0.2) is 0 Å². The maximum atomic E-state index is 13.1. The molecule has 4 rings (SSSR count). The maximum Gasteiger partial charge on any atom is 0.293 e. The number of halogens is 1. The van der Waals surface area contributed by atoms with Crippen LogP contribution < -0.4 is 20.1 Å². The summed E-state index contributed by atoms with van der Waals surface area (Å²) in [6.07, 6.45) is 0. The van der Waals surface area contributed by atoms with E-state index < -0.39 is 11.8 Å². The van der Waals surface area contributed by atoms with Crippen LogP contribution in [0.5, 0.6) is 11.5 Å². The lowest BCUT2D eigenvalue weighted by Gasteiger charge is -2.11. The van der Waals surface area contributed by atoms with E-state index >= 15 is 0 Å². The molecule has 0 saturated heterocycles. The third-order valence-electron chi connectivity index (χ3n) is 4.49. The zero-order valence-electron chi connectivity index (χ0n) is 16.5. The van der Waals surface area contributed by atoms with E-state index in [4.69, 9.17) is 18.3 Å². The SMILES string of the molecule is COc1ccc(OC)c(NC(=O)c2oc3ccccc3c2NC(=O)c2ccc(Br)o2)c1. The molecule has 2 amide bonds. The summed E-state index contributed by atoms with van der Waals surface area (Å²) in [5.41, 5.74) is 1.06. The number of hydrogen-bond acceptors (Lipinski definition) is 6. The first-order valence-electron chi connectivity index (χ1n) is 9.11. The highest BCUT2D eigenvalue weighted by Crippen LogP contribution is 2.34. The Morgan fingerprint density at radius 3 is 2.42 bits per heavy atom. The number of hydrogen-bond donors (Lipinski definition) is 2. The molecule has 2 aromatic heterocycles. The van der Waals surface area contributed by atoms with E-state index in [2.05, 4.69) is 26.6 Å². The number of methoxy groups -OCH3 is 2. The molecule has 31 heavy (non-hydrogen) atoms. The van der Waals surface area contributed by atoms with Crippen LogP contribution in [0.4, 0.5) is 11.4 Å². The molecule has 0 fully saturated rings. The highest BCUT2D eigenvalue weighted by atomic mass is 79.9. The first-order valence-corrected chi connectivity index (χ1v) is 9.91. The van der Waals surface area contributed by atoms with Crippen LogP contribution in [0, 0.1) is 0 Å². The van der Waals surface area contributed by atoms with Crippen molar-refractivity contribution in [3.05, 3.63) is 70.8 Å². The number of carbonyl (C=O) groups excluding carboxylic acids is 2. The smallest absolute Gasteiger partial charge is 0.293 e. The summed E-state index contributed by atoms with van der Waals surface area (Å²) < 4.78 is 22.0. The molecule has 8 nitrogen and oxygen atoms in total. The van der Waals surface area contributed by atoms with E-state index in [-0.39, 0.29) is 17.2 Å². The van der Waals surface area contributed by atoms with Crippen molar-refractivity contribution in [2.24, 2.45) is 0 Å². The van der Waals surface area contributed by atoms with Crippen molar-refractivity contribution in [1.29, 1.82) is 0 Å². The Labute approximate surface area is 185 Å². The Balaban J connectivity index is 1.71. The molecule has 4 aromatic rings. The lowest BCUT2D eigenvalue weighted by molar-refractivity contribution is 0.0994. The number of furan rings is 2. The quantitative estimate of drug-likeness (QED) is 0.384. The zero-order chi connectivity index (χ0) is 22.0. The van der Waals surface area contributed by atoms with Crippen molar-refractivity contribution in [3.63, 3.8) is 0 Å². The molecule has 2 N–H and O–H groups in total. The van der Waals surface area contributed by atoms with Crippen LogP contribution in [0.2, 0.25) is 0 Å². The summed E-state index contributed by atoms with van der Waals surface area (Å²) in [5.74, 6) is -0.0964. The van der Waals surface area contributed by atoms with Gasteiger partial charge >= 0.3 is 0 Å². The van der Waals surface area contributed by atoms with Crippen molar-refractivity contribution in [2.75, 3.05) is 24.9 Å². The number of fused-ring (bicyclic) bond motifs is 1. The summed E-state index contributed by atoms with van der Waals surface area (Å²) in [7, 11) is 3.01. The van der Waals surface area contributed by atoms with Crippen LogP contribution in [0.25, 0.3) is 11.0 Å². The van der Waals surface area contributed by atoms with E-state index in [1.165, 1.54) is 20.3 Å². The fourth-order valence-corrected chi connectivity index (χ4v) is 3.34. The van der Waals surface area contributed by atoms with Gasteiger partial charge in [0.15, 0.2) is 10.4 Å². The van der Waals surface area contributed by atoms with Gasteiger partial charge in [-0.05, 0) is 52.3 Å². The fourth-order valence-electron chi connectivity index (χ4n) is 3.03. The zero-order valence-corrected chi connectivity index (χ0v) is 18.1. The van der Waals surface area contributed by atoms with Crippen molar-refractivity contribution < 1.29 is 27.9 Å². The summed E-state index contributed by atoms with van der Waals surface area (Å²) in [6.45, 7) is 0. The van der Waals surface area contributed by atoms with Gasteiger partial charge in [0, 0.05) is 11.5 Å². The minimum atomic E-state index is -0.571.